The fourth-order valence-electron chi connectivity index (χ4n) is 9.35. The van der Waals surface area contributed by atoms with Crippen molar-refractivity contribution in [3.8, 4) is 0 Å². The Morgan fingerprint density at radius 3 is 2.41 bits per heavy atom. The standard InChI is InChI=1S/C28H42O11/c1-11-6-15(34-5)25(33)28(4)13(11)7-17-27(3)14(12(2)22-23(24(27)28)36-10-35-22)8-18(38-17)39-26-21(32)20(31)19(30)16(9-29)37-26/h6,11-14,16-24,26,29-32H,7-10H2,1-5H3/t11-,12-,13?,14+,16-,17-,18+,19-,20+,21-,22+,23-,24+,26+,27-,28+/m1/s1. The molecule has 0 amide bonds. The van der Waals surface area contributed by atoms with E-state index in [1.54, 1.807) is 7.11 Å². The Labute approximate surface area is 228 Å². The SMILES string of the molecule is COC1=C[C@@H](C)C2C[C@H]3O[C@@H](O[C@@H]4O[C@H](CO)[C@@H](O)[C@H](O)[C@H]4O)C[C@H]4[C@@H](C)[C@@H]5OCO[C@H]5[C@@H]([C@@]34C)[C@@]2(C)C1=O. The highest BCUT2D eigenvalue weighted by molar-refractivity contribution is 5.99. The summed E-state index contributed by atoms with van der Waals surface area (Å²) >= 11 is 0. The number of methoxy groups -OCH3 is 1. The van der Waals surface area contributed by atoms with Crippen LogP contribution in [0.25, 0.3) is 0 Å². The van der Waals surface area contributed by atoms with Crippen LogP contribution in [-0.2, 0) is 33.2 Å². The van der Waals surface area contributed by atoms with Gasteiger partial charge in [-0.05, 0) is 36.2 Å². The van der Waals surface area contributed by atoms with Gasteiger partial charge < -0.3 is 48.8 Å². The molecule has 0 aromatic rings. The van der Waals surface area contributed by atoms with Crippen LogP contribution in [0.15, 0.2) is 11.8 Å². The lowest BCUT2D eigenvalue weighted by molar-refractivity contribution is -0.377. The van der Waals surface area contributed by atoms with Crippen LogP contribution < -0.4 is 0 Å². The van der Waals surface area contributed by atoms with Crippen molar-refractivity contribution in [1.82, 2.24) is 0 Å². The molecule has 3 aliphatic heterocycles. The van der Waals surface area contributed by atoms with Gasteiger partial charge in [0.15, 0.2) is 18.3 Å². The highest BCUT2D eigenvalue weighted by atomic mass is 16.8. The van der Waals surface area contributed by atoms with E-state index in [0.29, 0.717) is 18.6 Å². The van der Waals surface area contributed by atoms with Crippen molar-refractivity contribution in [2.24, 2.45) is 40.4 Å². The second-order valence-corrected chi connectivity index (χ2v) is 12.9. The van der Waals surface area contributed by atoms with Gasteiger partial charge >= 0.3 is 0 Å². The first kappa shape index (κ1) is 28.0. The molecule has 3 saturated heterocycles. The summed E-state index contributed by atoms with van der Waals surface area (Å²) in [5, 5.41) is 40.7. The molecule has 0 radical (unpaired) electrons. The van der Waals surface area contributed by atoms with Gasteiger partial charge in [-0.3, -0.25) is 4.79 Å². The Kier molecular flexibility index (Phi) is 6.97. The molecule has 0 bridgehead atoms. The summed E-state index contributed by atoms with van der Waals surface area (Å²) in [4.78, 5) is 14.1. The summed E-state index contributed by atoms with van der Waals surface area (Å²) in [6.07, 6.45) is -5.43. The lowest BCUT2D eigenvalue weighted by Gasteiger charge is -2.69. The summed E-state index contributed by atoms with van der Waals surface area (Å²) in [7, 11) is 1.54. The number of hydrogen-bond acceptors (Lipinski definition) is 11. The number of ether oxygens (including phenoxy) is 6. The Morgan fingerprint density at radius 2 is 1.72 bits per heavy atom. The van der Waals surface area contributed by atoms with Crippen LogP contribution in [0.4, 0.5) is 0 Å². The number of Topliss-reactive ketones (excluding diaryl/α,β-unsaturated/α-hetero) is 1. The Morgan fingerprint density at radius 1 is 1.00 bits per heavy atom. The molecule has 16 atom stereocenters. The van der Waals surface area contributed by atoms with Crippen molar-refractivity contribution in [3.05, 3.63) is 11.8 Å². The number of allylic oxidation sites excluding steroid dienone is 2. The molecule has 11 heteroatoms. The van der Waals surface area contributed by atoms with E-state index in [1.807, 2.05) is 6.08 Å². The van der Waals surface area contributed by atoms with Crippen LogP contribution in [0.3, 0.4) is 0 Å². The first-order valence-electron chi connectivity index (χ1n) is 14.1. The molecule has 6 rings (SSSR count). The Bertz CT molecular complexity index is 1000. The van der Waals surface area contributed by atoms with Crippen molar-refractivity contribution in [2.75, 3.05) is 20.5 Å². The predicted molar refractivity (Wildman–Crippen MR) is 132 cm³/mol. The summed E-state index contributed by atoms with van der Waals surface area (Å²) < 4.78 is 36.4. The molecule has 220 valence electrons. The van der Waals surface area contributed by atoms with E-state index in [4.69, 9.17) is 28.4 Å². The van der Waals surface area contributed by atoms with E-state index in [-0.39, 0.29) is 60.5 Å². The molecule has 5 fully saturated rings. The number of fused-ring (bicyclic) bond motifs is 4. The van der Waals surface area contributed by atoms with Gasteiger partial charge in [0.2, 0.25) is 5.78 Å². The molecule has 11 nitrogen and oxygen atoms in total. The van der Waals surface area contributed by atoms with Gasteiger partial charge in [-0.1, -0.05) is 27.7 Å². The van der Waals surface area contributed by atoms with E-state index < -0.39 is 54.4 Å². The van der Waals surface area contributed by atoms with Crippen LogP contribution in [0.1, 0.15) is 40.5 Å². The second kappa shape index (κ2) is 9.71. The molecule has 0 spiro atoms. The topological polar surface area (TPSA) is 153 Å². The molecule has 0 aromatic heterocycles. The molecule has 39 heavy (non-hydrogen) atoms. The molecule has 3 heterocycles. The maximum atomic E-state index is 14.1. The van der Waals surface area contributed by atoms with Crippen LogP contribution in [0.2, 0.25) is 0 Å². The molecule has 3 aliphatic carbocycles. The molecule has 1 unspecified atom stereocenters. The molecule has 2 saturated carbocycles. The van der Waals surface area contributed by atoms with Gasteiger partial charge in [0, 0.05) is 23.2 Å². The average molecular weight is 555 g/mol. The van der Waals surface area contributed by atoms with Crippen molar-refractivity contribution in [2.45, 2.75) is 95.8 Å². The maximum absolute atomic E-state index is 14.1. The number of aliphatic hydroxyl groups is 4. The molecular weight excluding hydrogens is 512 g/mol. The van der Waals surface area contributed by atoms with Gasteiger partial charge in [0.25, 0.3) is 0 Å². The largest absolute Gasteiger partial charge is 0.493 e. The predicted octanol–water partition coefficient (Wildman–Crippen LogP) is 0.323. The molecular formula is C28H42O11. The third-order valence-electron chi connectivity index (χ3n) is 11.3. The Hall–Kier alpha value is -1.15. The fourth-order valence-corrected chi connectivity index (χ4v) is 9.35. The molecule has 4 N–H and O–H groups in total. The van der Waals surface area contributed by atoms with Gasteiger partial charge in [-0.2, -0.15) is 0 Å². The lowest BCUT2D eigenvalue weighted by atomic mass is 9.38. The normalized spacial score (nSPS) is 56.7. The quantitative estimate of drug-likeness (QED) is 0.380. The van der Waals surface area contributed by atoms with Gasteiger partial charge in [-0.25, -0.2) is 0 Å². The van der Waals surface area contributed by atoms with E-state index in [9.17, 15) is 25.2 Å². The maximum Gasteiger partial charge on any atom is 0.203 e. The number of hydrogen-bond donors (Lipinski definition) is 4. The zero-order valence-electron chi connectivity index (χ0n) is 23.1. The van der Waals surface area contributed by atoms with Crippen molar-refractivity contribution >= 4 is 5.78 Å². The zero-order chi connectivity index (χ0) is 28.0. The highest BCUT2D eigenvalue weighted by Gasteiger charge is 2.74. The van der Waals surface area contributed by atoms with E-state index in [0.717, 1.165) is 0 Å². The first-order valence-corrected chi connectivity index (χ1v) is 14.1. The Balaban J connectivity index is 1.36. The average Bonchev–Trinajstić information content (AvgIpc) is 3.39. The smallest absolute Gasteiger partial charge is 0.203 e. The third-order valence-corrected chi connectivity index (χ3v) is 11.3. The van der Waals surface area contributed by atoms with Crippen LogP contribution in [-0.4, -0.2) is 102 Å². The van der Waals surface area contributed by atoms with Gasteiger partial charge in [0.1, 0.15) is 31.2 Å². The summed E-state index contributed by atoms with van der Waals surface area (Å²) in [5.74, 6) is 0.327. The summed E-state index contributed by atoms with van der Waals surface area (Å²) in [5.41, 5.74) is -1.19. The van der Waals surface area contributed by atoms with E-state index >= 15 is 0 Å². The lowest BCUT2D eigenvalue weighted by Crippen LogP contribution is -2.73. The summed E-state index contributed by atoms with van der Waals surface area (Å²) in [6, 6.07) is 0. The van der Waals surface area contributed by atoms with Crippen LogP contribution in [0.5, 0.6) is 0 Å². The van der Waals surface area contributed by atoms with Crippen molar-refractivity contribution in [3.63, 3.8) is 0 Å². The van der Waals surface area contributed by atoms with E-state index in [2.05, 4.69) is 27.7 Å². The number of rotatable bonds is 4. The second-order valence-electron chi connectivity index (χ2n) is 12.9. The molecule has 0 aromatic carbocycles. The zero-order valence-corrected chi connectivity index (χ0v) is 23.1. The number of carbonyl (C=O) groups is 1. The van der Waals surface area contributed by atoms with Gasteiger partial charge in [0.05, 0.1) is 32.0 Å². The minimum atomic E-state index is -1.54. The van der Waals surface area contributed by atoms with E-state index in [1.165, 1.54) is 0 Å². The molecule has 6 aliphatic rings. The van der Waals surface area contributed by atoms with Crippen molar-refractivity contribution < 1.29 is 53.6 Å². The third kappa shape index (κ3) is 3.78. The first-order chi connectivity index (χ1) is 18.5. The minimum absolute atomic E-state index is 0.0000186. The monoisotopic (exact) mass is 554 g/mol. The minimum Gasteiger partial charge on any atom is -0.493 e. The fraction of sp³-hybridized carbons (Fsp3) is 0.893. The van der Waals surface area contributed by atoms with Crippen molar-refractivity contribution in [1.29, 1.82) is 0 Å². The van der Waals surface area contributed by atoms with Crippen LogP contribution in [0, 0.1) is 40.4 Å². The number of carbonyl (C=O) groups excluding carboxylic acids is 1. The number of ketones is 1. The van der Waals surface area contributed by atoms with Crippen LogP contribution >= 0.6 is 0 Å². The van der Waals surface area contributed by atoms with Gasteiger partial charge in [-0.15, -0.1) is 0 Å². The number of aliphatic hydroxyl groups excluding tert-OH is 4. The summed E-state index contributed by atoms with van der Waals surface area (Å²) in [6.45, 7) is 8.15. The highest BCUT2D eigenvalue weighted by Crippen LogP contribution is 2.69.